The van der Waals surface area contributed by atoms with E-state index in [9.17, 15) is 14.3 Å². The van der Waals surface area contributed by atoms with Gasteiger partial charge in [0.25, 0.3) is 5.91 Å². The van der Waals surface area contributed by atoms with Gasteiger partial charge < -0.3 is 19.3 Å². The van der Waals surface area contributed by atoms with E-state index in [1.807, 2.05) is 4.90 Å². The van der Waals surface area contributed by atoms with Crippen molar-refractivity contribution in [1.82, 2.24) is 19.7 Å². The summed E-state index contributed by atoms with van der Waals surface area (Å²) in [6.07, 6.45) is 3.23. The fourth-order valence-electron chi connectivity index (χ4n) is 3.63. The van der Waals surface area contributed by atoms with Gasteiger partial charge in [0.1, 0.15) is 36.9 Å². The van der Waals surface area contributed by atoms with E-state index in [-0.39, 0.29) is 24.2 Å². The third-order valence-corrected chi connectivity index (χ3v) is 5.25. The van der Waals surface area contributed by atoms with E-state index in [0.717, 1.165) is 12.0 Å². The molecule has 0 saturated carbocycles. The zero-order chi connectivity index (χ0) is 20.9. The van der Waals surface area contributed by atoms with E-state index in [1.54, 1.807) is 41.0 Å². The molecule has 4 rings (SSSR count). The minimum atomic E-state index is -0.699. The molecule has 156 valence electrons. The van der Waals surface area contributed by atoms with Crippen LogP contribution >= 0.6 is 0 Å². The third kappa shape index (κ3) is 4.83. The Bertz CT molecular complexity index is 961. The molecule has 2 heterocycles. The first-order valence-corrected chi connectivity index (χ1v) is 9.86. The lowest BCUT2D eigenvalue weighted by molar-refractivity contribution is 0.0790. The second-order valence-corrected chi connectivity index (χ2v) is 7.44. The van der Waals surface area contributed by atoms with Gasteiger partial charge in [-0.1, -0.05) is 12.1 Å². The summed E-state index contributed by atoms with van der Waals surface area (Å²) in [6.45, 7) is 1.76. The second-order valence-electron chi connectivity index (χ2n) is 7.44. The Kier molecular flexibility index (Phi) is 6.04. The molecule has 2 atom stereocenters. The maximum Gasteiger partial charge on any atom is 0.253 e. The summed E-state index contributed by atoms with van der Waals surface area (Å²) in [5.41, 5.74) is 1.65. The van der Waals surface area contributed by atoms with Crippen molar-refractivity contribution in [3.8, 4) is 5.75 Å². The molecular weight excluding hydrogens is 387 g/mol. The van der Waals surface area contributed by atoms with Gasteiger partial charge in [0.15, 0.2) is 0 Å². The zero-order valence-corrected chi connectivity index (χ0v) is 16.4. The molecule has 30 heavy (non-hydrogen) atoms. The molecule has 1 aliphatic rings. The fraction of sp³-hybridized carbons (Fsp3) is 0.318. The number of benzene rings is 2. The molecule has 1 N–H and O–H groups in total. The average Bonchev–Trinajstić information content (AvgIpc) is 3.45. The molecule has 1 amide bonds. The maximum absolute atomic E-state index is 13.1. The summed E-state index contributed by atoms with van der Waals surface area (Å²) >= 11 is 0. The number of likely N-dealkylation sites (tertiary alicyclic amines) is 1. The zero-order valence-electron chi connectivity index (χ0n) is 16.4. The number of rotatable bonds is 7. The monoisotopic (exact) mass is 410 g/mol. The van der Waals surface area contributed by atoms with E-state index in [0.29, 0.717) is 30.9 Å². The molecule has 0 radical (unpaired) electrons. The minimum Gasteiger partial charge on any atom is -0.491 e. The van der Waals surface area contributed by atoms with Gasteiger partial charge in [-0.25, -0.2) is 4.39 Å². The maximum atomic E-state index is 13.1. The Hall–Kier alpha value is -3.26. The van der Waals surface area contributed by atoms with Crippen LogP contribution in [-0.2, 0) is 6.54 Å². The van der Waals surface area contributed by atoms with Crippen molar-refractivity contribution in [2.24, 2.45) is 0 Å². The van der Waals surface area contributed by atoms with Gasteiger partial charge in [-0.15, -0.1) is 10.2 Å². The van der Waals surface area contributed by atoms with Crippen molar-refractivity contribution >= 4 is 5.91 Å². The molecule has 1 fully saturated rings. The van der Waals surface area contributed by atoms with Gasteiger partial charge in [-0.05, 0) is 48.4 Å². The molecular formula is C22H23FN4O3. The van der Waals surface area contributed by atoms with Crippen LogP contribution in [-0.4, -0.2) is 56.5 Å². The predicted octanol–water partition coefficient (Wildman–Crippen LogP) is 2.49. The first-order valence-electron chi connectivity index (χ1n) is 9.86. The number of halogens is 1. The van der Waals surface area contributed by atoms with Crippen molar-refractivity contribution in [1.29, 1.82) is 0 Å². The molecule has 0 aliphatic carbocycles. The quantitative estimate of drug-likeness (QED) is 0.647. The number of carbonyl (C=O) groups excluding carboxylic acids is 1. The standard InChI is InChI=1S/C22H23FN4O3/c23-19-5-1-16(2-6-19)18-9-10-27(11-18)22(29)17-3-7-21(8-4-17)30-13-20(28)12-26-14-24-25-15-26/h1-8,14-15,18,20,28H,9-13H2/t18-,20?/m0/s1. The largest absolute Gasteiger partial charge is 0.491 e. The van der Waals surface area contributed by atoms with Crippen LogP contribution in [0.2, 0.25) is 0 Å². The molecule has 1 saturated heterocycles. The highest BCUT2D eigenvalue weighted by molar-refractivity contribution is 5.94. The van der Waals surface area contributed by atoms with Gasteiger partial charge >= 0.3 is 0 Å². The van der Waals surface area contributed by atoms with Crippen molar-refractivity contribution in [3.63, 3.8) is 0 Å². The van der Waals surface area contributed by atoms with Gasteiger partial charge in [-0.3, -0.25) is 4.79 Å². The Morgan fingerprint density at radius 2 is 1.83 bits per heavy atom. The molecule has 0 bridgehead atoms. The van der Waals surface area contributed by atoms with Crippen LogP contribution in [0.15, 0.2) is 61.2 Å². The Balaban J connectivity index is 1.29. The Labute approximate surface area is 173 Å². The van der Waals surface area contributed by atoms with Crippen molar-refractivity contribution in [2.75, 3.05) is 19.7 Å². The van der Waals surface area contributed by atoms with Crippen LogP contribution in [0.5, 0.6) is 5.75 Å². The number of aliphatic hydroxyl groups is 1. The molecule has 0 spiro atoms. The highest BCUT2D eigenvalue weighted by atomic mass is 19.1. The van der Waals surface area contributed by atoms with Crippen molar-refractivity contribution in [2.45, 2.75) is 25.0 Å². The average molecular weight is 410 g/mol. The predicted molar refractivity (Wildman–Crippen MR) is 108 cm³/mol. The van der Waals surface area contributed by atoms with E-state index in [2.05, 4.69) is 10.2 Å². The SMILES string of the molecule is O=C(c1ccc(OCC(O)Cn2cnnc2)cc1)N1CC[C@H](c2ccc(F)cc2)C1. The first kappa shape index (κ1) is 20.0. The van der Waals surface area contributed by atoms with Crippen LogP contribution in [0.1, 0.15) is 28.3 Å². The van der Waals surface area contributed by atoms with E-state index in [4.69, 9.17) is 4.74 Å². The lowest BCUT2D eigenvalue weighted by Gasteiger charge is -2.17. The highest BCUT2D eigenvalue weighted by Gasteiger charge is 2.28. The summed E-state index contributed by atoms with van der Waals surface area (Å²) in [5.74, 6) is 0.529. The molecule has 1 unspecified atom stereocenters. The molecule has 7 nitrogen and oxygen atoms in total. The van der Waals surface area contributed by atoms with Crippen LogP contribution in [0.4, 0.5) is 4.39 Å². The van der Waals surface area contributed by atoms with Crippen LogP contribution in [0.25, 0.3) is 0 Å². The Morgan fingerprint density at radius 3 is 2.53 bits per heavy atom. The first-order chi connectivity index (χ1) is 14.6. The highest BCUT2D eigenvalue weighted by Crippen LogP contribution is 2.28. The number of aliphatic hydroxyl groups excluding tert-OH is 1. The topological polar surface area (TPSA) is 80.5 Å². The minimum absolute atomic E-state index is 0.0289. The van der Waals surface area contributed by atoms with E-state index >= 15 is 0 Å². The number of ether oxygens (including phenoxy) is 1. The number of amides is 1. The summed E-state index contributed by atoms with van der Waals surface area (Å²) in [4.78, 5) is 14.6. The number of hydrogen-bond donors (Lipinski definition) is 1. The van der Waals surface area contributed by atoms with Crippen molar-refractivity contribution in [3.05, 3.63) is 78.1 Å². The molecule has 1 aromatic heterocycles. The fourth-order valence-corrected chi connectivity index (χ4v) is 3.63. The third-order valence-electron chi connectivity index (χ3n) is 5.25. The van der Waals surface area contributed by atoms with Gasteiger partial charge in [0.05, 0.1) is 6.54 Å². The number of aromatic nitrogens is 3. The molecule has 3 aromatic rings. The number of nitrogens with zero attached hydrogens (tertiary/aromatic N) is 4. The summed E-state index contributed by atoms with van der Waals surface area (Å²) in [7, 11) is 0. The second kappa shape index (κ2) is 9.04. The molecule has 2 aromatic carbocycles. The summed E-state index contributed by atoms with van der Waals surface area (Å²) < 4.78 is 20.4. The summed E-state index contributed by atoms with van der Waals surface area (Å²) in [6, 6.07) is 13.4. The smallest absolute Gasteiger partial charge is 0.253 e. The van der Waals surface area contributed by atoms with Gasteiger partial charge in [0.2, 0.25) is 0 Å². The molecule has 1 aliphatic heterocycles. The number of hydrogen-bond acceptors (Lipinski definition) is 5. The van der Waals surface area contributed by atoms with Gasteiger partial charge in [0, 0.05) is 24.6 Å². The lowest BCUT2D eigenvalue weighted by Crippen LogP contribution is -2.28. The summed E-state index contributed by atoms with van der Waals surface area (Å²) in [5, 5.41) is 17.4. The van der Waals surface area contributed by atoms with E-state index < -0.39 is 6.10 Å². The van der Waals surface area contributed by atoms with Crippen LogP contribution in [0, 0.1) is 5.82 Å². The normalized spacial score (nSPS) is 17.1. The molecule has 8 heteroatoms. The van der Waals surface area contributed by atoms with Crippen LogP contribution < -0.4 is 4.74 Å². The lowest BCUT2D eigenvalue weighted by atomic mass is 9.99. The Morgan fingerprint density at radius 1 is 1.13 bits per heavy atom. The van der Waals surface area contributed by atoms with Crippen molar-refractivity contribution < 1.29 is 19.0 Å². The van der Waals surface area contributed by atoms with Gasteiger partial charge in [-0.2, -0.15) is 0 Å². The van der Waals surface area contributed by atoms with E-state index in [1.165, 1.54) is 24.8 Å². The van der Waals surface area contributed by atoms with Crippen LogP contribution in [0.3, 0.4) is 0 Å². The number of carbonyl (C=O) groups is 1.